The molecule has 2 aromatic rings. The first kappa shape index (κ1) is 10.1. The molecule has 1 amide bonds. The summed E-state index contributed by atoms with van der Waals surface area (Å²) in [5.74, 6) is 0.577. The Hall–Kier alpha value is -2.04. The molecule has 1 saturated carbocycles. The molecular formula is C12H14N4O. The fraction of sp³-hybridized carbons (Fsp3) is 0.333. The molecule has 0 aromatic carbocycles. The van der Waals surface area contributed by atoms with Crippen LogP contribution in [0.2, 0.25) is 0 Å². The van der Waals surface area contributed by atoms with E-state index in [9.17, 15) is 4.79 Å². The molecule has 0 bridgehead atoms. The molecule has 88 valence electrons. The van der Waals surface area contributed by atoms with E-state index in [0.29, 0.717) is 17.6 Å². The molecule has 0 saturated heterocycles. The Morgan fingerprint density at radius 1 is 1.59 bits per heavy atom. The minimum Gasteiger partial charge on any atom is -0.340 e. The SMILES string of the molecule is Cc1cn[nH]c1NC(=O)c1cccn1C1CC1. The number of aromatic nitrogens is 3. The summed E-state index contributed by atoms with van der Waals surface area (Å²) in [5.41, 5.74) is 1.64. The van der Waals surface area contributed by atoms with Crippen LogP contribution in [-0.2, 0) is 0 Å². The summed E-state index contributed by atoms with van der Waals surface area (Å²) in [5, 5.41) is 9.49. The Morgan fingerprint density at radius 2 is 2.41 bits per heavy atom. The second-order valence-electron chi connectivity index (χ2n) is 4.41. The number of nitrogens with one attached hydrogen (secondary N) is 2. The summed E-state index contributed by atoms with van der Waals surface area (Å²) >= 11 is 0. The number of hydrogen-bond donors (Lipinski definition) is 2. The van der Waals surface area contributed by atoms with E-state index in [0.717, 1.165) is 18.4 Å². The maximum atomic E-state index is 12.1. The second kappa shape index (κ2) is 3.76. The van der Waals surface area contributed by atoms with Crippen molar-refractivity contribution in [2.75, 3.05) is 5.32 Å². The van der Waals surface area contributed by atoms with Crippen molar-refractivity contribution in [1.29, 1.82) is 0 Å². The van der Waals surface area contributed by atoms with E-state index in [2.05, 4.69) is 15.5 Å². The largest absolute Gasteiger partial charge is 0.340 e. The van der Waals surface area contributed by atoms with Crippen molar-refractivity contribution in [3.05, 3.63) is 35.8 Å². The number of aromatic amines is 1. The van der Waals surface area contributed by atoms with Crippen molar-refractivity contribution in [1.82, 2.24) is 14.8 Å². The number of hydrogen-bond acceptors (Lipinski definition) is 2. The van der Waals surface area contributed by atoms with Crippen molar-refractivity contribution >= 4 is 11.7 Å². The van der Waals surface area contributed by atoms with Crippen molar-refractivity contribution < 1.29 is 4.79 Å². The minimum absolute atomic E-state index is 0.0887. The van der Waals surface area contributed by atoms with Crippen LogP contribution in [0, 0.1) is 6.92 Å². The Morgan fingerprint density at radius 3 is 3.06 bits per heavy atom. The normalized spacial score (nSPS) is 14.9. The lowest BCUT2D eigenvalue weighted by molar-refractivity contribution is 0.101. The zero-order valence-electron chi connectivity index (χ0n) is 9.60. The molecule has 0 aliphatic heterocycles. The highest BCUT2D eigenvalue weighted by Gasteiger charge is 2.26. The van der Waals surface area contributed by atoms with Crippen molar-refractivity contribution in [3.63, 3.8) is 0 Å². The van der Waals surface area contributed by atoms with Crippen LogP contribution in [0.3, 0.4) is 0 Å². The summed E-state index contributed by atoms with van der Waals surface area (Å²) in [6.07, 6.45) is 5.98. The Bertz CT molecular complexity index is 550. The lowest BCUT2D eigenvalue weighted by atomic mass is 10.3. The van der Waals surface area contributed by atoms with Crippen LogP contribution in [0.25, 0.3) is 0 Å². The van der Waals surface area contributed by atoms with Crippen LogP contribution in [0.5, 0.6) is 0 Å². The molecule has 2 heterocycles. The van der Waals surface area contributed by atoms with Gasteiger partial charge in [0.1, 0.15) is 11.5 Å². The summed E-state index contributed by atoms with van der Waals surface area (Å²) in [6, 6.07) is 4.26. The maximum Gasteiger partial charge on any atom is 0.273 e. The number of rotatable bonds is 3. The Labute approximate surface area is 98.8 Å². The summed E-state index contributed by atoms with van der Waals surface area (Å²) < 4.78 is 2.04. The van der Waals surface area contributed by atoms with Gasteiger partial charge >= 0.3 is 0 Å². The number of aryl methyl sites for hydroxylation is 1. The van der Waals surface area contributed by atoms with Crippen molar-refractivity contribution in [2.45, 2.75) is 25.8 Å². The van der Waals surface area contributed by atoms with Gasteiger partial charge in [-0.2, -0.15) is 5.10 Å². The molecule has 1 aliphatic carbocycles. The summed E-state index contributed by atoms with van der Waals surface area (Å²) in [7, 11) is 0. The lowest BCUT2D eigenvalue weighted by Crippen LogP contribution is -2.17. The van der Waals surface area contributed by atoms with E-state index < -0.39 is 0 Å². The van der Waals surface area contributed by atoms with E-state index >= 15 is 0 Å². The molecule has 0 spiro atoms. The third kappa shape index (κ3) is 1.84. The molecule has 1 fully saturated rings. The molecule has 2 N–H and O–H groups in total. The van der Waals surface area contributed by atoms with E-state index in [4.69, 9.17) is 0 Å². The molecule has 2 aromatic heterocycles. The Kier molecular flexibility index (Phi) is 2.24. The maximum absolute atomic E-state index is 12.1. The van der Waals surface area contributed by atoms with Gasteiger partial charge in [-0.3, -0.25) is 9.89 Å². The molecule has 5 heteroatoms. The van der Waals surface area contributed by atoms with Crippen molar-refractivity contribution in [3.8, 4) is 0 Å². The standard InChI is InChI=1S/C12H14N4O/c1-8-7-13-15-11(8)14-12(17)10-3-2-6-16(10)9-4-5-9/h2-3,6-7,9H,4-5H2,1H3,(H2,13,14,15,17). The van der Waals surface area contributed by atoms with Gasteiger partial charge in [-0.25, -0.2) is 0 Å². The highest BCUT2D eigenvalue weighted by Crippen LogP contribution is 2.36. The van der Waals surface area contributed by atoms with Gasteiger partial charge in [0.25, 0.3) is 5.91 Å². The zero-order valence-corrected chi connectivity index (χ0v) is 9.60. The van der Waals surface area contributed by atoms with Crippen LogP contribution < -0.4 is 5.32 Å². The summed E-state index contributed by atoms with van der Waals surface area (Å²) in [4.78, 5) is 12.1. The average Bonchev–Trinajstić information content (AvgIpc) is 2.90. The topological polar surface area (TPSA) is 62.7 Å². The molecule has 3 rings (SSSR count). The molecule has 17 heavy (non-hydrogen) atoms. The average molecular weight is 230 g/mol. The number of H-pyrrole nitrogens is 1. The van der Waals surface area contributed by atoms with Crippen molar-refractivity contribution in [2.24, 2.45) is 0 Å². The number of nitrogens with zero attached hydrogens (tertiary/aromatic N) is 2. The molecular weight excluding hydrogens is 216 g/mol. The van der Waals surface area contributed by atoms with Crippen LogP contribution in [-0.4, -0.2) is 20.7 Å². The number of anilines is 1. The van der Waals surface area contributed by atoms with E-state index in [1.54, 1.807) is 6.20 Å². The van der Waals surface area contributed by atoms with E-state index in [1.807, 2.05) is 29.8 Å². The van der Waals surface area contributed by atoms with E-state index in [-0.39, 0.29) is 5.91 Å². The fourth-order valence-electron chi connectivity index (χ4n) is 1.91. The number of carbonyl (C=O) groups is 1. The predicted octanol–water partition coefficient (Wildman–Crippen LogP) is 2.11. The van der Waals surface area contributed by atoms with Gasteiger partial charge in [0.15, 0.2) is 0 Å². The molecule has 0 unspecified atom stereocenters. The number of amides is 1. The van der Waals surface area contributed by atoms with Gasteiger partial charge in [-0.05, 0) is 31.9 Å². The quantitative estimate of drug-likeness (QED) is 0.848. The first-order valence-corrected chi connectivity index (χ1v) is 5.74. The van der Waals surface area contributed by atoms with Gasteiger partial charge in [-0.15, -0.1) is 0 Å². The monoisotopic (exact) mass is 230 g/mol. The smallest absolute Gasteiger partial charge is 0.273 e. The van der Waals surface area contributed by atoms with Crippen LogP contribution >= 0.6 is 0 Å². The first-order valence-electron chi connectivity index (χ1n) is 5.74. The number of carbonyl (C=O) groups excluding carboxylic acids is 1. The van der Waals surface area contributed by atoms with Gasteiger partial charge in [0.2, 0.25) is 0 Å². The zero-order chi connectivity index (χ0) is 11.8. The molecule has 1 aliphatic rings. The first-order chi connectivity index (χ1) is 8.25. The molecule has 0 radical (unpaired) electrons. The van der Waals surface area contributed by atoms with Gasteiger partial charge in [0.05, 0.1) is 6.20 Å². The highest BCUT2D eigenvalue weighted by atomic mass is 16.2. The van der Waals surface area contributed by atoms with Crippen LogP contribution in [0.4, 0.5) is 5.82 Å². The lowest BCUT2D eigenvalue weighted by Gasteiger charge is -2.07. The second-order valence-corrected chi connectivity index (χ2v) is 4.41. The van der Waals surface area contributed by atoms with Crippen LogP contribution in [0.15, 0.2) is 24.5 Å². The highest BCUT2D eigenvalue weighted by molar-refractivity contribution is 6.03. The predicted molar refractivity (Wildman–Crippen MR) is 64.0 cm³/mol. The minimum atomic E-state index is -0.0887. The molecule has 0 atom stereocenters. The molecule has 5 nitrogen and oxygen atoms in total. The van der Waals surface area contributed by atoms with Gasteiger partial charge < -0.3 is 9.88 Å². The van der Waals surface area contributed by atoms with Crippen LogP contribution in [0.1, 0.15) is 34.9 Å². The van der Waals surface area contributed by atoms with E-state index in [1.165, 1.54) is 0 Å². The third-order valence-electron chi connectivity index (χ3n) is 3.02. The Balaban J connectivity index is 1.82. The third-order valence-corrected chi connectivity index (χ3v) is 3.02. The van der Waals surface area contributed by atoms with Gasteiger partial charge in [-0.1, -0.05) is 0 Å². The van der Waals surface area contributed by atoms with Gasteiger partial charge in [0, 0.05) is 17.8 Å². The fourth-order valence-corrected chi connectivity index (χ4v) is 1.91. The summed E-state index contributed by atoms with van der Waals surface area (Å²) in [6.45, 7) is 1.90.